The highest BCUT2D eigenvalue weighted by molar-refractivity contribution is 7.89. The second-order valence-electron chi connectivity index (χ2n) is 4.84. The van der Waals surface area contributed by atoms with Crippen molar-refractivity contribution in [3.8, 4) is 0 Å². The van der Waals surface area contributed by atoms with Gasteiger partial charge >= 0.3 is 0 Å². The standard InChI is InChI=1S/C15H18FNO2S2/c1-4-17(10-13-6-5-7-14(16)9-13)21(18,19)15-8-11(2)20-12(15)3/h5-9H,4,10H2,1-3H3. The van der Waals surface area contributed by atoms with Gasteiger partial charge in [0.25, 0.3) is 0 Å². The Labute approximate surface area is 129 Å². The zero-order chi connectivity index (χ0) is 15.6. The quantitative estimate of drug-likeness (QED) is 0.839. The lowest BCUT2D eigenvalue weighted by molar-refractivity contribution is 0.422. The molecule has 0 aliphatic heterocycles. The first-order valence-electron chi connectivity index (χ1n) is 6.66. The van der Waals surface area contributed by atoms with Crippen molar-refractivity contribution in [3.63, 3.8) is 0 Å². The van der Waals surface area contributed by atoms with Crippen LogP contribution in [0.1, 0.15) is 22.2 Å². The van der Waals surface area contributed by atoms with E-state index in [0.29, 0.717) is 17.0 Å². The van der Waals surface area contributed by atoms with Crippen molar-refractivity contribution in [1.29, 1.82) is 0 Å². The molecule has 0 aliphatic carbocycles. The number of nitrogens with zero attached hydrogens (tertiary/aromatic N) is 1. The van der Waals surface area contributed by atoms with Crippen LogP contribution in [0.4, 0.5) is 4.39 Å². The molecule has 114 valence electrons. The van der Waals surface area contributed by atoms with Crippen LogP contribution in [-0.2, 0) is 16.6 Å². The van der Waals surface area contributed by atoms with Crippen LogP contribution >= 0.6 is 11.3 Å². The molecule has 0 saturated heterocycles. The zero-order valence-electron chi connectivity index (χ0n) is 12.3. The summed E-state index contributed by atoms with van der Waals surface area (Å²) in [6, 6.07) is 7.73. The van der Waals surface area contributed by atoms with Gasteiger partial charge in [-0.3, -0.25) is 0 Å². The van der Waals surface area contributed by atoms with Crippen molar-refractivity contribution in [3.05, 3.63) is 51.5 Å². The molecule has 2 aromatic rings. The van der Waals surface area contributed by atoms with Gasteiger partial charge in [-0.1, -0.05) is 19.1 Å². The highest BCUT2D eigenvalue weighted by Gasteiger charge is 2.26. The molecule has 1 aromatic heterocycles. The van der Waals surface area contributed by atoms with E-state index in [-0.39, 0.29) is 12.4 Å². The number of hydrogen-bond acceptors (Lipinski definition) is 3. The highest BCUT2D eigenvalue weighted by atomic mass is 32.2. The summed E-state index contributed by atoms with van der Waals surface area (Å²) in [5.74, 6) is -0.358. The first-order chi connectivity index (χ1) is 9.84. The fourth-order valence-corrected chi connectivity index (χ4v) is 5.17. The SMILES string of the molecule is CCN(Cc1cccc(F)c1)S(=O)(=O)c1cc(C)sc1C. The molecule has 1 aromatic carbocycles. The molecule has 0 atom stereocenters. The summed E-state index contributed by atoms with van der Waals surface area (Å²) < 4.78 is 40.1. The molecule has 0 aliphatic rings. The van der Waals surface area contributed by atoms with Crippen molar-refractivity contribution >= 4 is 21.4 Å². The lowest BCUT2D eigenvalue weighted by Gasteiger charge is -2.20. The number of halogens is 1. The summed E-state index contributed by atoms with van der Waals surface area (Å²) in [5, 5.41) is 0. The minimum Gasteiger partial charge on any atom is -0.207 e. The maximum Gasteiger partial charge on any atom is 0.244 e. The average Bonchev–Trinajstić information content (AvgIpc) is 2.75. The summed E-state index contributed by atoms with van der Waals surface area (Å²) in [4.78, 5) is 2.10. The van der Waals surface area contributed by atoms with E-state index in [2.05, 4.69) is 0 Å². The van der Waals surface area contributed by atoms with Crippen LogP contribution in [-0.4, -0.2) is 19.3 Å². The zero-order valence-corrected chi connectivity index (χ0v) is 13.9. The normalized spacial score (nSPS) is 12.0. The number of hydrogen-bond donors (Lipinski definition) is 0. The van der Waals surface area contributed by atoms with Gasteiger partial charge in [-0.05, 0) is 37.6 Å². The Bertz CT molecular complexity index is 738. The molecular formula is C15H18FNO2S2. The smallest absolute Gasteiger partial charge is 0.207 e. The molecule has 6 heteroatoms. The minimum absolute atomic E-state index is 0.172. The Morgan fingerprint density at radius 1 is 1.24 bits per heavy atom. The van der Waals surface area contributed by atoms with Crippen LogP contribution in [0.15, 0.2) is 35.2 Å². The van der Waals surface area contributed by atoms with Crippen LogP contribution in [0.25, 0.3) is 0 Å². The van der Waals surface area contributed by atoms with Gasteiger partial charge in [0, 0.05) is 22.8 Å². The number of sulfonamides is 1. The largest absolute Gasteiger partial charge is 0.244 e. The molecule has 0 bridgehead atoms. The molecule has 0 N–H and O–H groups in total. The minimum atomic E-state index is -3.55. The molecule has 0 amide bonds. The van der Waals surface area contributed by atoms with Gasteiger partial charge < -0.3 is 0 Å². The number of aryl methyl sites for hydroxylation is 2. The number of benzene rings is 1. The highest BCUT2D eigenvalue weighted by Crippen LogP contribution is 2.28. The second-order valence-corrected chi connectivity index (χ2v) is 8.21. The van der Waals surface area contributed by atoms with E-state index in [0.717, 1.165) is 9.75 Å². The topological polar surface area (TPSA) is 37.4 Å². The Morgan fingerprint density at radius 3 is 2.48 bits per heavy atom. The van der Waals surface area contributed by atoms with Crippen molar-refractivity contribution in [2.24, 2.45) is 0 Å². The van der Waals surface area contributed by atoms with Crippen LogP contribution in [0.5, 0.6) is 0 Å². The molecule has 0 unspecified atom stereocenters. The average molecular weight is 327 g/mol. The van der Waals surface area contributed by atoms with Gasteiger partial charge in [-0.25, -0.2) is 12.8 Å². The molecule has 0 radical (unpaired) electrons. The van der Waals surface area contributed by atoms with Crippen molar-refractivity contribution in [2.75, 3.05) is 6.54 Å². The predicted molar refractivity (Wildman–Crippen MR) is 83.5 cm³/mol. The van der Waals surface area contributed by atoms with E-state index >= 15 is 0 Å². The molecular weight excluding hydrogens is 309 g/mol. The third kappa shape index (κ3) is 3.51. The summed E-state index contributed by atoms with van der Waals surface area (Å²) in [6.45, 7) is 5.99. The molecule has 1 heterocycles. The van der Waals surface area contributed by atoms with E-state index < -0.39 is 10.0 Å². The first-order valence-corrected chi connectivity index (χ1v) is 8.92. The maximum atomic E-state index is 13.2. The van der Waals surface area contributed by atoms with E-state index in [1.54, 1.807) is 32.0 Å². The van der Waals surface area contributed by atoms with Gasteiger partial charge in [0.05, 0.1) is 4.90 Å². The third-order valence-corrected chi connectivity index (χ3v) is 6.36. The first kappa shape index (κ1) is 16.1. The van der Waals surface area contributed by atoms with Gasteiger partial charge in [-0.15, -0.1) is 11.3 Å². The second kappa shape index (κ2) is 6.25. The van der Waals surface area contributed by atoms with Gasteiger partial charge in [0.1, 0.15) is 5.82 Å². The predicted octanol–water partition coefficient (Wildman–Crippen LogP) is 3.71. The van der Waals surface area contributed by atoms with Crippen molar-refractivity contribution in [2.45, 2.75) is 32.2 Å². The monoisotopic (exact) mass is 327 g/mol. The maximum absolute atomic E-state index is 13.2. The molecule has 2 rings (SSSR count). The summed E-state index contributed by atoms with van der Waals surface area (Å²) >= 11 is 1.47. The van der Waals surface area contributed by atoms with Crippen LogP contribution in [0.2, 0.25) is 0 Å². The molecule has 0 fully saturated rings. The fraction of sp³-hybridized carbons (Fsp3) is 0.333. The lowest BCUT2D eigenvalue weighted by Crippen LogP contribution is -2.30. The van der Waals surface area contributed by atoms with Crippen LogP contribution < -0.4 is 0 Å². The molecule has 21 heavy (non-hydrogen) atoms. The third-order valence-electron chi connectivity index (χ3n) is 3.21. The molecule has 0 saturated carbocycles. The van der Waals surface area contributed by atoms with Crippen LogP contribution in [0, 0.1) is 19.7 Å². The lowest BCUT2D eigenvalue weighted by atomic mass is 10.2. The summed E-state index contributed by atoms with van der Waals surface area (Å²) in [7, 11) is -3.55. The number of rotatable bonds is 5. The Balaban J connectivity index is 2.34. The van der Waals surface area contributed by atoms with Gasteiger partial charge in [0.15, 0.2) is 0 Å². The van der Waals surface area contributed by atoms with E-state index in [1.807, 2.05) is 6.92 Å². The van der Waals surface area contributed by atoms with E-state index in [4.69, 9.17) is 0 Å². The number of thiophene rings is 1. The Kier molecular flexibility index (Phi) is 4.81. The van der Waals surface area contributed by atoms with E-state index in [1.165, 1.54) is 27.8 Å². The fourth-order valence-electron chi connectivity index (χ4n) is 2.21. The van der Waals surface area contributed by atoms with Crippen molar-refractivity contribution in [1.82, 2.24) is 4.31 Å². The van der Waals surface area contributed by atoms with Crippen LogP contribution in [0.3, 0.4) is 0 Å². The van der Waals surface area contributed by atoms with Gasteiger partial charge in [0.2, 0.25) is 10.0 Å². The summed E-state index contributed by atoms with van der Waals surface area (Å²) in [5.41, 5.74) is 0.644. The molecule has 3 nitrogen and oxygen atoms in total. The molecule has 0 spiro atoms. The summed E-state index contributed by atoms with van der Waals surface area (Å²) in [6.07, 6.45) is 0. The Morgan fingerprint density at radius 2 is 1.95 bits per heavy atom. The van der Waals surface area contributed by atoms with Crippen molar-refractivity contribution < 1.29 is 12.8 Å². The Hall–Kier alpha value is -1.24. The van der Waals surface area contributed by atoms with Gasteiger partial charge in [-0.2, -0.15) is 4.31 Å². The van der Waals surface area contributed by atoms with E-state index in [9.17, 15) is 12.8 Å².